The Morgan fingerprint density at radius 3 is 1.56 bits per heavy atom. The molecule has 27 heavy (non-hydrogen) atoms. The fourth-order valence-corrected chi connectivity index (χ4v) is 3.25. The summed E-state index contributed by atoms with van der Waals surface area (Å²) in [4.78, 5) is 24.9. The van der Waals surface area contributed by atoms with Crippen molar-refractivity contribution >= 4 is 11.9 Å². The monoisotopic (exact) mass is 384 g/mol. The van der Waals surface area contributed by atoms with Crippen LogP contribution in [-0.4, -0.2) is 24.1 Å². The molecule has 0 aromatic rings. The van der Waals surface area contributed by atoms with Crippen molar-refractivity contribution in [1.82, 2.24) is 0 Å². The summed E-state index contributed by atoms with van der Waals surface area (Å²) < 4.78 is 11.5. The molecular formula is C23H44O4. The van der Waals surface area contributed by atoms with Crippen LogP contribution in [0.2, 0.25) is 0 Å². The summed E-state index contributed by atoms with van der Waals surface area (Å²) in [5, 5.41) is 0. The quantitative estimate of drug-likeness (QED) is 0.310. The van der Waals surface area contributed by atoms with Crippen LogP contribution in [0, 0.1) is 17.8 Å². The molecule has 0 saturated carbocycles. The number of esters is 2. The van der Waals surface area contributed by atoms with Gasteiger partial charge in [0.15, 0.2) is 0 Å². The van der Waals surface area contributed by atoms with Gasteiger partial charge in [0, 0.05) is 6.42 Å². The van der Waals surface area contributed by atoms with Gasteiger partial charge in [-0.05, 0) is 38.5 Å². The summed E-state index contributed by atoms with van der Waals surface area (Å²) in [6.45, 7) is 14.3. The van der Waals surface area contributed by atoms with Crippen LogP contribution in [0.1, 0.15) is 106 Å². The molecule has 0 amide bonds. The van der Waals surface area contributed by atoms with Gasteiger partial charge in [-0.2, -0.15) is 0 Å². The highest BCUT2D eigenvalue weighted by Crippen LogP contribution is 2.22. The average Bonchev–Trinajstić information content (AvgIpc) is 2.62. The molecule has 0 saturated heterocycles. The first-order valence-electron chi connectivity index (χ1n) is 11.2. The lowest BCUT2D eigenvalue weighted by molar-refractivity contribution is -0.162. The number of ether oxygens (including phenoxy) is 2. The van der Waals surface area contributed by atoms with E-state index < -0.39 is 0 Å². The van der Waals surface area contributed by atoms with E-state index >= 15 is 0 Å². The summed E-state index contributed by atoms with van der Waals surface area (Å²) in [6, 6.07) is 0. The second kappa shape index (κ2) is 14.9. The Bertz CT molecular complexity index is 405. The topological polar surface area (TPSA) is 52.6 Å². The largest absolute Gasteiger partial charge is 0.462 e. The minimum Gasteiger partial charge on any atom is -0.462 e. The molecule has 4 nitrogen and oxygen atoms in total. The molecule has 0 radical (unpaired) electrons. The van der Waals surface area contributed by atoms with E-state index in [1.807, 2.05) is 20.8 Å². The molecule has 0 N–H and O–H groups in total. The molecule has 160 valence electrons. The predicted molar refractivity (Wildman–Crippen MR) is 112 cm³/mol. The predicted octanol–water partition coefficient (Wildman–Crippen LogP) is 6.31. The summed E-state index contributed by atoms with van der Waals surface area (Å²) in [6.07, 6.45) is 7.75. The average molecular weight is 385 g/mol. The van der Waals surface area contributed by atoms with Gasteiger partial charge in [-0.25, -0.2) is 0 Å². The van der Waals surface area contributed by atoms with E-state index in [-0.39, 0.29) is 41.9 Å². The SMILES string of the molecule is CCCC[C@H](CC)C(=O)O[C@H](C)C[C@H](OC(=O)[C@@H](CC)CCCC)C(C)C. The van der Waals surface area contributed by atoms with Crippen molar-refractivity contribution in [2.24, 2.45) is 17.8 Å². The summed E-state index contributed by atoms with van der Waals surface area (Å²) in [5.41, 5.74) is 0. The zero-order valence-corrected chi connectivity index (χ0v) is 18.9. The molecule has 0 fully saturated rings. The highest BCUT2D eigenvalue weighted by Gasteiger charge is 2.27. The number of unbranched alkanes of at least 4 members (excludes halogenated alkanes) is 2. The summed E-state index contributed by atoms with van der Waals surface area (Å²) in [5.74, 6) is -0.0615. The molecular weight excluding hydrogens is 340 g/mol. The maximum atomic E-state index is 12.5. The Balaban J connectivity index is 4.70. The van der Waals surface area contributed by atoms with Crippen molar-refractivity contribution in [3.05, 3.63) is 0 Å². The van der Waals surface area contributed by atoms with Crippen molar-refractivity contribution in [3.63, 3.8) is 0 Å². The lowest BCUT2D eigenvalue weighted by Gasteiger charge is -2.27. The molecule has 0 aromatic carbocycles. The van der Waals surface area contributed by atoms with Crippen LogP contribution in [0.15, 0.2) is 0 Å². The van der Waals surface area contributed by atoms with Crippen molar-refractivity contribution < 1.29 is 19.1 Å². The van der Waals surface area contributed by atoms with E-state index in [0.717, 1.165) is 51.4 Å². The van der Waals surface area contributed by atoms with E-state index in [0.29, 0.717) is 6.42 Å². The van der Waals surface area contributed by atoms with Crippen molar-refractivity contribution in [2.75, 3.05) is 0 Å². The number of carbonyl (C=O) groups is 2. The first kappa shape index (κ1) is 25.9. The molecule has 0 aliphatic carbocycles. The lowest BCUT2D eigenvalue weighted by Crippen LogP contribution is -2.32. The van der Waals surface area contributed by atoms with Gasteiger partial charge < -0.3 is 9.47 Å². The maximum absolute atomic E-state index is 12.5. The molecule has 0 spiro atoms. The molecule has 4 atom stereocenters. The number of hydrogen-bond donors (Lipinski definition) is 0. The fourth-order valence-electron chi connectivity index (χ4n) is 3.25. The smallest absolute Gasteiger partial charge is 0.309 e. The van der Waals surface area contributed by atoms with E-state index in [9.17, 15) is 9.59 Å². The Labute approximate surface area is 167 Å². The van der Waals surface area contributed by atoms with Crippen LogP contribution in [0.5, 0.6) is 0 Å². The first-order valence-corrected chi connectivity index (χ1v) is 11.2. The van der Waals surface area contributed by atoms with Crippen LogP contribution in [0.3, 0.4) is 0 Å². The lowest BCUT2D eigenvalue weighted by atomic mass is 9.97. The van der Waals surface area contributed by atoms with E-state index in [1.54, 1.807) is 0 Å². The van der Waals surface area contributed by atoms with Gasteiger partial charge in [0.1, 0.15) is 12.2 Å². The van der Waals surface area contributed by atoms with Gasteiger partial charge in [-0.15, -0.1) is 0 Å². The maximum Gasteiger partial charge on any atom is 0.309 e. The number of hydrogen-bond acceptors (Lipinski definition) is 4. The molecule has 0 aliphatic rings. The van der Waals surface area contributed by atoms with Crippen molar-refractivity contribution in [1.29, 1.82) is 0 Å². The Morgan fingerprint density at radius 2 is 1.19 bits per heavy atom. The van der Waals surface area contributed by atoms with Gasteiger partial charge in [0.05, 0.1) is 11.8 Å². The van der Waals surface area contributed by atoms with Gasteiger partial charge in [0.2, 0.25) is 0 Å². The van der Waals surface area contributed by atoms with Crippen LogP contribution in [0.4, 0.5) is 0 Å². The van der Waals surface area contributed by atoms with Crippen LogP contribution in [0.25, 0.3) is 0 Å². The van der Waals surface area contributed by atoms with Crippen LogP contribution < -0.4 is 0 Å². The molecule has 0 bridgehead atoms. The van der Waals surface area contributed by atoms with E-state index in [1.165, 1.54) is 0 Å². The van der Waals surface area contributed by atoms with E-state index in [2.05, 4.69) is 27.7 Å². The zero-order valence-electron chi connectivity index (χ0n) is 18.9. The Kier molecular flexibility index (Phi) is 14.3. The normalized spacial score (nSPS) is 15.9. The van der Waals surface area contributed by atoms with Gasteiger partial charge >= 0.3 is 11.9 Å². The molecule has 0 heterocycles. The fraction of sp³-hybridized carbons (Fsp3) is 0.913. The third kappa shape index (κ3) is 10.8. The molecule has 4 heteroatoms. The van der Waals surface area contributed by atoms with Gasteiger partial charge in [-0.1, -0.05) is 67.2 Å². The zero-order chi connectivity index (χ0) is 20.8. The highest BCUT2D eigenvalue weighted by molar-refractivity contribution is 5.73. The standard InChI is InChI=1S/C23H44O4/c1-8-12-14-19(10-3)22(24)26-18(7)16-21(17(5)6)27-23(25)20(11-4)15-13-9-2/h17-21H,8-16H2,1-7H3/t18-,19+,20+,21+/m1/s1. The van der Waals surface area contributed by atoms with Crippen molar-refractivity contribution in [2.45, 2.75) is 118 Å². The number of rotatable bonds is 15. The van der Waals surface area contributed by atoms with Gasteiger partial charge in [0.25, 0.3) is 0 Å². The van der Waals surface area contributed by atoms with Crippen LogP contribution >= 0.6 is 0 Å². The Morgan fingerprint density at radius 1 is 0.741 bits per heavy atom. The van der Waals surface area contributed by atoms with Crippen molar-refractivity contribution in [3.8, 4) is 0 Å². The second-order valence-electron chi connectivity index (χ2n) is 8.20. The minimum absolute atomic E-state index is 0.0223. The van der Waals surface area contributed by atoms with Gasteiger partial charge in [-0.3, -0.25) is 9.59 Å². The molecule has 0 aliphatic heterocycles. The molecule has 0 aromatic heterocycles. The highest BCUT2D eigenvalue weighted by atomic mass is 16.6. The van der Waals surface area contributed by atoms with Crippen LogP contribution in [-0.2, 0) is 19.1 Å². The summed E-state index contributed by atoms with van der Waals surface area (Å²) in [7, 11) is 0. The Hall–Kier alpha value is -1.06. The molecule has 0 rings (SSSR count). The third-order valence-corrected chi connectivity index (χ3v) is 5.36. The van der Waals surface area contributed by atoms with E-state index in [4.69, 9.17) is 9.47 Å². The minimum atomic E-state index is -0.246. The second-order valence-corrected chi connectivity index (χ2v) is 8.20. The third-order valence-electron chi connectivity index (χ3n) is 5.36. The molecule has 0 unspecified atom stereocenters. The summed E-state index contributed by atoms with van der Waals surface area (Å²) >= 11 is 0. The first-order chi connectivity index (χ1) is 12.8. The number of carbonyl (C=O) groups excluding carboxylic acids is 2.